The summed E-state index contributed by atoms with van der Waals surface area (Å²) in [5.74, 6) is -0.346. The fourth-order valence-corrected chi connectivity index (χ4v) is 0.761. The van der Waals surface area contributed by atoms with Gasteiger partial charge < -0.3 is 4.74 Å². The zero-order valence-corrected chi connectivity index (χ0v) is 7.10. The number of esters is 1. The van der Waals surface area contributed by atoms with Crippen LogP contribution in [-0.2, 0) is 16.1 Å². The molecular weight excluding hydrogens is 172 g/mol. The smallest absolute Gasteiger partial charge is 0.327 e. The lowest BCUT2D eigenvalue weighted by Gasteiger charge is -1.99. The van der Waals surface area contributed by atoms with Gasteiger partial charge in [0.1, 0.15) is 18.9 Å². The first-order valence-electron chi connectivity index (χ1n) is 3.71. The Balaban J connectivity index is 2.55. The Morgan fingerprint density at radius 1 is 1.85 bits per heavy atom. The molecule has 0 saturated carbocycles. The third kappa shape index (κ3) is 2.56. The Bertz CT molecular complexity index is 339. The lowest BCUT2D eigenvalue weighted by Crippen LogP contribution is -2.13. The molecule has 0 amide bonds. The Labute approximate surface area is 74.8 Å². The predicted molar refractivity (Wildman–Crippen MR) is 41.4 cm³/mol. The molecule has 0 aliphatic rings. The van der Waals surface area contributed by atoms with Crippen LogP contribution in [0.3, 0.4) is 0 Å². The fourth-order valence-electron chi connectivity index (χ4n) is 0.761. The van der Waals surface area contributed by atoms with Crippen LogP contribution in [0.25, 0.3) is 0 Å². The number of carbonyl (C=O) groups excluding carboxylic acids is 1. The van der Waals surface area contributed by atoms with E-state index in [1.807, 2.05) is 0 Å². The van der Waals surface area contributed by atoms with Crippen molar-refractivity contribution in [2.24, 2.45) is 0 Å². The van der Waals surface area contributed by atoms with Gasteiger partial charge in [0.2, 0.25) is 0 Å². The third-order valence-electron chi connectivity index (χ3n) is 1.23. The lowest BCUT2D eigenvalue weighted by molar-refractivity contribution is -0.144. The molecule has 1 rings (SSSR count). The average Bonchev–Trinajstić information content (AvgIpc) is 2.52. The first-order chi connectivity index (χ1) is 6.26. The van der Waals surface area contributed by atoms with Crippen LogP contribution in [0.4, 0.5) is 0 Å². The maximum Gasteiger partial charge on any atom is 0.327 e. The van der Waals surface area contributed by atoms with Gasteiger partial charge in [-0.15, -0.1) is 5.10 Å². The normalized spacial score (nSPS) is 9.23. The number of hydrogen-bond acceptors (Lipinski definition) is 5. The van der Waals surface area contributed by atoms with Crippen LogP contribution in [0, 0.1) is 11.3 Å². The summed E-state index contributed by atoms with van der Waals surface area (Å²) >= 11 is 0. The fraction of sp³-hybridized carbons (Fsp3) is 0.429. The van der Waals surface area contributed by atoms with Gasteiger partial charge in [0.15, 0.2) is 0 Å². The molecule has 1 heterocycles. The second-order valence-electron chi connectivity index (χ2n) is 2.18. The van der Waals surface area contributed by atoms with Crippen LogP contribution >= 0.6 is 0 Å². The van der Waals surface area contributed by atoms with Crippen molar-refractivity contribution in [3.05, 3.63) is 12.2 Å². The monoisotopic (exact) mass is 180 g/mol. The second-order valence-corrected chi connectivity index (χ2v) is 2.18. The maximum atomic E-state index is 10.9. The first-order valence-corrected chi connectivity index (χ1v) is 3.71. The molecule has 0 atom stereocenters. The van der Waals surface area contributed by atoms with Crippen molar-refractivity contribution in [3.63, 3.8) is 0 Å². The molecule has 1 aromatic rings. The van der Waals surface area contributed by atoms with E-state index in [-0.39, 0.29) is 12.4 Å². The number of nitriles is 1. The van der Waals surface area contributed by atoms with Crippen molar-refractivity contribution < 1.29 is 9.53 Å². The van der Waals surface area contributed by atoms with Crippen LogP contribution < -0.4 is 0 Å². The number of rotatable bonds is 3. The molecule has 68 valence electrons. The van der Waals surface area contributed by atoms with E-state index in [0.717, 1.165) is 0 Å². The summed E-state index contributed by atoms with van der Waals surface area (Å²) in [4.78, 5) is 14.5. The quantitative estimate of drug-likeness (QED) is 0.597. The van der Waals surface area contributed by atoms with Gasteiger partial charge in [0.05, 0.1) is 6.61 Å². The summed E-state index contributed by atoms with van der Waals surface area (Å²) in [6.07, 6.45) is 1.31. The van der Waals surface area contributed by atoms with Gasteiger partial charge in [0, 0.05) is 0 Å². The average molecular weight is 180 g/mol. The molecule has 0 N–H and O–H groups in total. The molecule has 0 spiro atoms. The lowest BCUT2D eigenvalue weighted by atomic mass is 10.6. The summed E-state index contributed by atoms with van der Waals surface area (Å²) < 4.78 is 5.94. The van der Waals surface area contributed by atoms with Crippen molar-refractivity contribution in [3.8, 4) is 6.07 Å². The molecule has 0 bridgehead atoms. The molecular formula is C7H8N4O2. The summed E-state index contributed by atoms with van der Waals surface area (Å²) in [5, 5.41) is 12.1. The molecule has 0 radical (unpaired) electrons. The van der Waals surface area contributed by atoms with Crippen LogP contribution in [0.15, 0.2) is 6.33 Å². The minimum atomic E-state index is -0.392. The van der Waals surface area contributed by atoms with E-state index in [4.69, 9.17) is 5.26 Å². The summed E-state index contributed by atoms with van der Waals surface area (Å²) in [6, 6.07) is 1.76. The number of carbonyl (C=O) groups is 1. The number of hydrogen-bond donors (Lipinski definition) is 0. The molecule has 6 heteroatoms. The molecule has 0 aliphatic carbocycles. The third-order valence-corrected chi connectivity index (χ3v) is 1.23. The highest BCUT2D eigenvalue weighted by atomic mass is 16.5. The molecule has 0 aliphatic heterocycles. The number of nitrogens with zero attached hydrogens (tertiary/aromatic N) is 4. The molecule has 0 fully saturated rings. The minimum Gasteiger partial charge on any atom is -0.465 e. The first kappa shape index (κ1) is 9.19. The Hall–Kier alpha value is -1.90. The highest BCUT2D eigenvalue weighted by Gasteiger charge is 2.05. The Kier molecular flexibility index (Phi) is 2.97. The summed E-state index contributed by atoms with van der Waals surface area (Å²) in [5.41, 5.74) is 0. The Morgan fingerprint density at radius 2 is 2.62 bits per heavy atom. The van der Waals surface area contributed by atoms with E-state index < -0.39 is 5.97 Å². The zero-order valence-electron chi connectivity index (χ0n) is 7.10. The van der Waals surface area contributed by atoms with E-state index in [1.54, 1.807) is 13.0 Å². The summed E-state index contributed by atoms with van der Waals surface area (Å²) in [7, 11) is 0. The number of ether oxygens (including phenoxy) is 1. The van der Waals surface area contributed by atoms with Crippen molar-refractivity contribution in [2.75, 3.05) is 6.61 Å². The topological polar surface area (TPSA) is 80.8 Å². The molecule has 0 unspecified atom stereocenters. The van der Waals surface area contributed by atoms with Crippen LogP contribution in [0.5, 0.6) is 0 Å². The van der Waals surface area contributed by atoms with Gasteiger partial charge in [-0.05, 0) is 6.92 Å². The molecule has 6 nitrogen and oxygen atoms in total. The SMILES string of the molecule is CCOC(=O)Cn1cnc(C#N)n1. The van der Waals surface area contributed by atoms with Crippen molar-refractivity contribution >= 4 is 5.97 Å². The zero-order chi connectivity index (χ0) is 9.68. The van der Waals surface area contributed by atoms with E-state index in [0.29, 0.717) is 6.61 Å². The van der Waals surface area contributed by atoms with Gasteiger partial charge in [-0.2, -0.15) is 5.26 Å². The molecule has 0 aromatic carbocycles. The van der Waals surface area contributed by atoms with Crippen LogP contribution in [0.2, 0.25) is 0 Å². The van der Waals surface area contributed by atoms with Crippen molar-refractivity contribution in [2.45, 2.75) is 13.5 Å². The van der Waals surface area contributed by atoms with Gasteiger partial charge in [-0.1, -0.05) is 0 Å². The van der Waals surface area contributed by atoms with E-state index >= 15 is 0 Å². The highest BCUT2D eigenvalue weighted by Crippen LogP contribution is 1.89. The molecule has 0 saturated heterocycles. The van der Waals surface area contributed by atoms with Gasteiger partial charge in [0.25, 0.3) is 5.82 Å². The second kappa shape index (κ2) is 4.21. The Morgan fingerprint density at radius 3 is 3.15 bits per heavy atom. The minimum absolute atomic E-state index is 0.0114. The highest BCUT2D eigenvalue weighted by molar-refractivity contribution is 5.68. The maximum absolute atomic E-state index is 10.9. The van der Waals surface area contributed by atoms with Crippen molar-refractivity contribution in [1.82, 2.24) is 14.8 Å². The van der Waals surface area contributed by atoms with Gasteiger partial charge >= 0.3 is 5.97 Å². The number of aromatic nitrogens is 3. The summed E-state index contributed by atoms with van der Waals surface area (Å²) in [6.45, 7) is 2.04. The van der Waals surface area contributed by atoms with Gasteiger partial charge in [-0.3, -0.25) is 4.79 Å². The van der Waals surface area contributed by atoms with Crippen LogP contribution in [-0.4, -0.2) is 27.3 Å². The van der Waals surface area contributed by atoms with Crippen LogP contribution in [0.1, 0.15) is 12.7 Å². The largest absolute Gasteiger partial charge is 0.465 e. The molecule has 1 aromatic heterocycles. The van der Waals surface area contributed by atoms with Crippen molar-refractivity contribution in [1.29, 1.82) is 5.26 Å². The standard InChI is InChI=1S/C7H8N4O2/c1-2-13-7(12)4-11-5-9-6(3-8)10-11/h5H,2,4H2,1H3. The van der Waals surface area contributed by atoms with E-state index in [1.165, 1.54) is 11.0 Å². The van der Waals surface area contributed by atoms with E-state index in [9.17, 15) is 4.79 Å². The molecule has 13 heavy (non-hydrogen) atoms. The predicted octanol–water partition coefficient (Wildman–Crippen LogP) is -0.287. The van der Waals surface area contributed by atoms with E-state index in [2.05, 4.69) is 14.8 Å². The van der Waals surface area contributed by atoms with Gasteiger partial charge in [-0.25, -0.2) is 9.67 Å².